The Labute approximate surface area is 122 Å². The van der Waals surface area contributed by atoms with E-state index in [-0.39, 0.29) is 5.60 Å². The van der Waals surface area contributed by atoms with Crippen LogP contribution >= 0.6 is 22.6 Å². The van der Waals surface area contributed by atoms with Crippen molar-refractivity contribution in [3.63, 3.8) is 0 Å². The lowest BCUT2D eigenvalue weighted by atomic mass is 9.93. The molecule has 1 aliphatic rings. The molecule has 1 N–H and O–H groups in total. The fourth-order valence-electron chi connectivity index (χ4n) is 2.58. The van der Waals surface area contributed by atoms with E-state index in [9.17, 15) is 0 Å². The highest BCUT2D eigenvalue weighted by atomic mass is 127. The zero-order valence-corrected chi connectivity index (χ0v) is 13.2. The summed E-state index contributed by atoms with van der Waals surface area (Å²) in [4.78, 5) is 9.16. The van der Waals surface area contributed by atoms with Crippen LogP contribution in [-0.4, -0.2) is 24.1 Å². The van der Waals surface area contributed by atoms with Gasteiger partial charge in [0.2, 0.25) is 0 Å². The van der Waals surface area contributed by atoms with Crippen molar-refractivity contribution >= 4 is 28.4 Å². The molecule has 2 rings (SSSR count). The van der Waals surface area contributed by atoms with Gasteiger partial charge in [0, 0.05) is 20.4 Å². The average Bonchev–Trinajstić information content (AvgIpc) is 2.65. The highest BCUT2D eigenvalue weighted by molar-refractivity contribution is 14.1. The maximum atomic E-state index is 5.83. The molecule has 1 saturated carbocycles. The van der Waals surface area contributed by atoms with Crippen LogP contribution in [0.3, 0.4) is 0 Å². The van der Waals surface area contributed by atoms with Gasteiger partial charge in [-0.15, -0.1) is 0 Å². The van der Waals surface area contributed by atoms with Crippen molar-refractivity contribution in [2.75, 3.05) is 19.5 Å². The number of methoxy groups -OCH3 is 1. The molecule has 1 heterocycles. The van der Waals surface area contributed by atoms with Gasteiger partial charge in [-0.25, -0.2) is 9.97 Å². The maximum Gasteiger partial charge on any atom is 0.162 e. The van der Waals surface area contributed by atoms with Crippen LogP contribution in [0.5, 0.6) is 0 Å². The standard InChI is InChI=1S/C13H20IN3O/c1-15-11-10(14)9-16-12(17-11)13(18-2)7-5-3-4-6-8-13/h9H,3-8H2,1-2H3,(H,15,16,17). The molecule has 1 aromatic heterocycles. The Hall–Kier alpha value is -0.430. The molecule has 4 nitrogen and oxygen atoms in total. The number of anilines is 1. The van der Waals surface area contributed by atoms with Gasteiger partial charge in [0.05, 0.1) is 3.57 Å². The Balaban J connectivity index is 2.36. The summed E-state index contributed by atoms with van der Waals surface area (Å²) in [5.74, 6) is 1.72. The quantitative estimate of drug-likeness (QED) is 0.663. The summed E-state index contributed by atoms with van der Waals surface area (Å²) in [5.41, 5.74) is -0.285. The molecule has 0 aliphatic heterocycles. The summed E-state index contributed by atoms with van der Waals surface area (Å²) in [6, 6.07) is 0. The van der Waals surface area contributed by atoms with Gasteiger partial charge in [0.25, 0.3) is 0 Å². The molecule has 0 aromatic carbocycles. The Morgan fingerprint density at radius 1 is 1.28 bits per heavy atom. The number of rotatable bonds is 3. The Morgan fingerprint density at radius 3 is 2.50 bits per heavy atom. The second kappa shape index (κ2) is 6.14. The molecule has 0 amide bonds. The third-order valence-corrected chi connectivity index (χ3v) is 4.48. The summed E-state index contributed by atoms with van der Waals surface area (Å²) < 4.78 is 6.87. The monoisotopic (exact) mass is 361 g/mol. The molecular formula is C13H20IN3O. The topological polar surface area (TPSA) is 47.0 Å². The van der Waals surface area contributed by atoms with Crippen molar-refractivity contribution in [3.05, 3.63) is 15.6 Å². The first-order valence-electron chi connectivity index (χ1n) is 6.48. The van der Waals surface area contributed by atoms with Gasteiger partial charge in [-0.05, 0) is 35.4 Å². The first-order chi connectivity index (χ1) is 8.72. The normalized spacial score (nSPS) is 19.3. The van der Waals surface area contributed by atoms with E-state index in [1.54, 1.807) is 7.11 Å². The number of nitrogens with one attached hydrogen (secondary N) is 1. The highest BCUT2D eigenvalue weighted by Crippen LogP contribution is 2.37. The molecule has 100 valence electrons. The van der Waals surface area contributed by atoms with Crippen molar-refractivity contribution in [3.8, 4) is 0 Å². The van der Waals surface area contributed by atoms with Gasteiger partial charge in [-0.2, -0.15) is 0 Å². The van der Waals surface area contributed by atoms with E-state index in [1.807, 2.05) is 13.2 Å². The second-order valence-corrected chi connectivity index (χ2v) is 5.91. The van der Waals surface area contributed by atoms with Gasteiger partial charge in [0.1, 0.15) is 11.4 Å². The summed E-state index contributed by atoms with van der Waals surface area (Å²) in [7, 11) is 3.67. The van der Waals surface area contributed by atoms with E-state index in [1.165, 1.54) is 25.7 Å². The predicted molar refractivity (Wildman–Crippen MR) is 80.7 cm³/mol. The molecular weight excluding hydrogens is 341 g/mol. The van der Waals surface area contributed by atoms with E-state index >= 15 is 0 Å². The third kappa shape index (κ3) is 2.77. The van der Waals surface area contributed by atoms with Crippen LogP contribution in [-0.2, 0) is 10.3 Å². The third-order valence-electron chi connectivity index (χ3n) is 3.69. The Bertz CT molecular complexity index is 403. The molecule has 0 spiro atoms. The van der Waals surface area contributed by atoms with Crippen molar-refractivity contribution in [1.29, 1.82) is 0 Å². The first-order valence-corrected chi connectivity index (χ1v) is 7.55. The lowest BCUT2D eigenvalue weighted by Gasteiger charge is -2.30. The van der Waals surface area contributed by atoms with Crippen molar-refractivity contribution < 1.29 is 4.74 Å². The van der Waals surface area contributed by atoms with E-state index in [2.05, 4.69) is 37.9 Å². The minimum absolute atomic E-state index is 0.285. The van der Waals surface area contributed by atoms with Crippen LogP contribution in [0.25, 0.3) is 0 Å². The van der Waals surface area contributed by atoms with Gasteiger partial charge < -0.3 is 10.1 Å². The van der Waals surface area contributed by atoms with Gasteiger partial charge in [0.15, 0.2) is 5.82 Å². The number of nitrogens with zero attached hydrogens (tertiary/aromatic N) is 2. The largest absolute Gasteiger partial charge is 0.372 e. The lowest BCUT2D eigenvalue weighted by molar-refractivity contribution is -0.0350. The molecule has 1 fully saturated rings. The fraction of sp³-hybridized carbons (Fsp3) is 0.692. The smallest absolute Gasteiger partial charge is 0.162 e. The molecule has 0 saturated heterocycles. The zero-order chi connectivity index (χ0) is 13.0. The summed E-state index contributed by atoms with van der Waals surface area (Å²) in [5, 5.41) is 3.12. The maximum absolute atomic E-state index is 5.83. The minimum Gasteiger partial charge on any atom is -0.372 e. The number of ether oxygens (including phenoxy) is 1. The number of halogens is 1. The molecule has 1 aromatic rings. The van der Waals surface area contributed by atoms with Crippen molar-refractivity contribution in [2.45, 2.75) is 44.1 Å². The van der Waals surface area contributed by atoms with Crippen molar-refractivity contribution in [1.82, 2.24) is 9.97 Å². The molecule has 0 radical (unpaired) electrons. The minimum atomic E-state index is -0.285. The zero-order valence-electron chi connectivity index (χ0n) is 11.0. The van der Waals surface area contributed by atoms with E-state index in [0.717, 1.165) is 28.1 Å². The van der Waals surface area contributed by atoms with Gasteiger partial charge in [-0.1, -0.05) is 25.7 Å². The van der Waals surface area contributed by atoms with Gasteiger partial charge in [-0.3, -0.25) is 0 Å². The molecule has 5 heteroatoms. The van der Waals surface area contributed by atoms with Crippen LogP contribution < -0.4 is 5.32 Å². The van der Waals surface area contributed by atoms with Crippen molar-refractivity contribution in [2.24, 2.45) is 0 Å². The predicted octanol–water partition coefficient (Wildman–Crippen LogP) is 3.32. The van der Waals surface area contributed by atoms with Crippen LogP contribution in [0.15, 0.2) is 6.20 Å². The molecule has 1 aliphatic carbocycles. The Morgan fingerprint density at radius 2 is 1.94 bits per heavy atom. The van der Waals surface area contributed by atoms with Crippen LogP contribution in [0.1, 0.15) is 44.3 Å². The van der Waals surface area contributed by atoms with Crippen LogP contribution in [0.4, 0.5) is 5.82 Å². The second-order valence-electron chi connectivity index (χ2n) is 4.75. The Kier molecular flexibility index (Phi) is 4.77. The summed E-state index contributed by atoms with van der Waals surface area (Å²) >= 11 is 2.24. The van der Waals surface area contributed by atoms with E-state index in [0.29, 0.717) is 0 Å². The van der Waals surface area contributed by atoms with E-state index in [4.69, 9.17) is 4.74 Å². The van der Waals surface area contributed by atoms with E-state index < -0.39 is 0 Å². The molecule has 0 atom stereocenters. The van der Waals surface area contributed by atoms with Gasteiger partial charge >= 0.3 is 0 Å². The fourth-order valence-corrected chi connectivity index (χ4v) is 3.11. The number of aromatic nitrogens is 2. The number of hydrogen-bond donors (Lipinski definition) is 1. The molecule has 0 bridgehead atoms. The summed E-state index contributed by atoms with van der Waals surface area (Å²) in [6.07, 6.45) is 8.87. The first kappa shape index (κ1) is 14.0. The van der Waals surface area contributed by atoms with Crippen LogP contribution in [0.2, 0.25) is 0 Å². The molecule has 0 unspecified atom stereocenters. The molecule has 18 heavy (non-hydrogen) atoms. The lowest BCUT2D eigenvalue weighted by Crippen LogP contribution is -2.30. The highest BCUT2D eigenvalue weighted by Gasteiger charge is 2.36. The summed E-state index contributed by atoms with van der Waals surface area (Å²) in [6.45, 7) is 0. The SMILES string of the molecule is CNc1nc(C2(OC)CCCCCC2)ncc1I. The number of hydrogen-bond acceptors (Lipinski definition) is 4. The average molecular weight is 361 g/mol. The van der Waals surface area contributed by atoms with Crippen LogP contribution in [0, 0.1) is 3.57 Å².